The minimum atomic E-state index is -3.84. The van der Waals surface area contributed by atoms with Crippen LogP contribution >= 0.6 is 0 Å². The third-order valence-corrected chi connectivity index (χ3v) is 8.39. The number of nitrogens with zero attached hydrogens (tertiary/aromatic N) is 1. The van der Waals surface area contributed by atoms with Crippen molar-refractivity contribution in [3.63, 3.8) is 0 Å². The van der Waals surface area contributed by atoms with Gasteiger partial charge in [-0.15, -0.1) is 0 Å². The van der Waals surface area contributed by atoms with Crippen molar-refractivity contribution in [2.45, 2.75) is 51.0 Å². The van der Waals surface area contributed by atoms with Gasteiger partial charge in [0.2, 0.25) is 15.9 Å². The molecule has 8 heteroatoms. The molecule has 0 bridgehead atoms. The zero-order valence-corrected chi connectivity index (χ0v) is 21.8. The van der Waals surface area contributed by atoms with Crippen molar-refractivity contribution < 1.29 is 18.0 Å². The largest absolute Gasteiger partial charge is 0.342 e. The summed E-state index contributed by atoms with van der Waals surface area (Å²) in [7, 11) is -3.84. The molecular weight excluding hydrogens is 474 g/mol. The monoisotopic (exact) mass is 507 g/mol. The van der Waals surface area contributed by atoms with Gasteiger partial charge in [0.05, 0.1) is 4.90 Å². The first-order chi connectivity index (χ1) is 17.2. The van der Waals surface area contributed by atoms with Gasteiger partial charge < -0.3 is 10.2 Å². The Morgan fingerprint density at radius 3 is 2.39 bits per heavy atom. The van der Waals surface area contributed by atoms with Crippen LogP contribution in [0.3, 0.4) is 0 Å². The van der Waals surface area contributed by atoms with Crippen molar-refractivity contribution >= 4 is 38.3 Å². The highest BCUT2D eigenvalue weighted by Gasteiger charge is 2.32. The van der Waals surface area contributed by atoms with E-state index in [1.165, 1.54) is 0 Å². The third-order valence-electron chi connectivity index (χ3n) is 6.84. The van der Waals surface area contributed by atoms with Gasteiger partial charge in [-0.3, -0.25) is 9.59 Å². The zero-order valence-electron chi connectivity index (χ0n) is 21.0. The smallest absolute Gasteiger partial charge is 0.255 e. The number of amides is 2. The van der Waals surface area contributed by atoms with Gasteiger partial charge in [0.1, 0.15) is 0 Å². The number of rotatable bonds is 7. The Morgan fingerprint density at radius 1 is 1.00 bits per heavy atom. The van der Waals surface area contributed by atoms with Crippen molar-refractivity contribution in [2.75, 3.05) is 18.4 Å². The second-order valence-corrected chi connectivity index (χ2v) is 11.2. The normalized spacial score (nSPS) is 18.2. The first kappa shape index (κ1) is 25.9. The highest BCUT2D eigenvalue weighted by molar-refractivity contribution is 7.89. The Labute approximate surface area is 212 Å². The lowest BCUT2D eigenvalue weighted by atomic mass is 9.94. The number of benzene rings is 3. The number of aryl methyl sites for hydroxylation is 1. The summed E-state index contributed by atoms with van der Waals surface area (Å²) >= 11 is 0. The van der Waals surface area contributed by atoms with Crippen LogP contribution in [0.1, 0.15) is 49.0 Å². The first-order valence-corrected chi connectivity index (χ1v) is 13.9. The molecule has 1 aliphatic heterocycles. The molecular formula is C28H33N3O4S. The van der Waals surface area contributed by atoms with Gasteiger partial charge in [-0.05, 0) is 49.4 Å². The lowest BCUT2D eigenvalue weighted by molar-refractivity contribution is -0.133. The van der Waals surface area contributed by atoms with E-state index in [0.29, 0.717) is 48.0 Å². The zero-order chi connectivity index (χ0) is 25.9. The molecule has 0 saturated carbocycles. The minimum absolute atomic E-state index is 0.00623. The summed E-state index contributed by atoms with van der Waals surface area (Å²) in [5.74, 6) is -0.126. The fourth-order valence-corrected chi connectivity index (χ4v) is 6.40. The Kier molecular flexibility index (Phi) is 7.76. The Bertz CT molecular complexity index is 1390. The molecule has 1 saturated heterocycles. The summed E-state index contributed by atoms with van der Waals surface area (Å²) in [5.41, 5.74) is 1.98. The van der Waals surface area contributed by atoms with Gasteiger partial charge in [-0.1, -0.05) is 56.3 Å². The van der Waals surface area contributed by atoms with Crippen molar-refractivity contribution in [1.82, 2.24) is 9.62 Å². The minimum Gasteiger partial charge on any atom is -0.342 e. The van der Waals surface area contributed by atoms with E-state index in [0.717, 1.165) is 12.0 Å². The summed E-state index contributed by atoms with van der Waals surface area (Å²) in [5, 5.41) is 4.13. The fourth-order valence-electron chi connectivity index (χ4n) is 4.81. The highest BCUT2D eigenvalue weighted by atomic mass is 32.2. The Morgan fingerprint density at radius 2 is 1.69 bits per heavy atom. The number of hydrogen-bond donors (Lipinski definition) is 2. The summed E-state index contributed by atoms with van der Waals surface area (Å²) in [6.45, 7) is 6.91. The molecule has 2 amide bonds. The second kappa shape index (κ2) is 10.8. The predicted octanol–water partition coefficient (Wildman–Crippen LogP) is 4.72. The van der Waals surface area contributed by atoms with Crippen LogP contribution < -0.4 is 10.0 Å². The number of carbonyl (C=O) groups excluding carboxylic acids is 2. The van der Waals surface area contributed by atoms with Gasteiger partial charge in [-0.25, -0.2) is 13.1 Å². The van der Waals surface area contributed by atoms with Crippen LogP contribution in [-0.4, -0.2) is 44.3 Å². The van der Waals surface area contributed by atoms with Crippen LogP contribution in [0.2, 0.25) is 0 Å². The standard InChI is InChI=1S/C28H33N3O4S/c1-4-9-27(32)31-17-16-24(20(3)18-31)30-36(34,35)26-15-14-25(22-12-7-8-13-23(22)26)29-28(33)21-11-6-5-10-19(21)2/h5-8,10-15,20,24,30H,4,9,16-18H2,1-3H3,(H,29,33)/t20-,24-/m1/s1. The molecule has 7 nitrogen and oxygen atoms in total. The highest BCUT2D eigenvalue weighted by Crippen LogP contribution is 2.31. The summed E-state index contributed by atoms with van der Waals surface area (Å²) in [4.78, 5) is 27.2. The molecule has 0 radical (unpaired) electrons. The third kappa shape index (κ3) is 5.44. The van der Waals surface area contributed by atoms with E-state index in [1.807, 2.05) is 56.0 Å². The lowest BCUT2D eigenvalue weighted by Crippen LogP contribution is -2.51. The molecule has 3 aromatic carbocycles. The van der Waals surface area contributed by atoms with E-state index >= 15 is 0 Å². The lowest BCUT2D eigenvalue weighted by Gasteiger charge is -2.37. The maximum atomic E-state index is 13.5. The van der Waals surface area contributed by atoms with E-state index in [-0.39, 0.29) is 28.7 Å². The quantitative estimate of drug-likeness (QED) is 0.484. The second-order valence-electron chi connectivity index (χ2n) is 9.51. The molecule has 0 aromatic heterocycles. The van der Waals surface area contributed by atoms with E-state index < -0.39 is 10.0 Å². The molecule has 0 spiro atoms. The number of anilines is 1. The molecule has 4 rings (SSSR count). The molecule has 2 atom stereocenters. The molecule has 3 aromatic rings. The number of likely N-dealkylation sites (tertiary alicyclic amines) is 1. The van der Waals surface area contributed by atoms with Crippen molar-refractivity contribution in [3.8, 4) is 0 Å². The number of fused-ring (bicyclic) bond motifs is 1. The van der Waals surface area contributed by atoms with E-state index in [9.17, 15) is 18.0 Å². The van der Waals surface area contributed by atoms with Crippen LogP contribution in [0.25, 0.3) is 10.8 Å². The maximum Gasteiger partial charge on any atom is 0.255 e. The topological polar surface area (TPSA) is 95.6 Å². The van der Waals surface area contributed by atoms with Crippen molar-refractivity contribution in [1.29, 1.82) is 0 Å². The van der Waals surface area contributed by atoms with Crippen molar-refractivity contribution in [3.05, 3.63) is 71.8 Å². The molecule has 1 aliphatic rings. The Hall–Kier alpha value is -3.23. The Balaban J connectivity index is 1.57. The van der Waals surface area contributed by atoms with Crippen LogP contribution in [0, 0.1) is 12.8 Å². The molecule has 190 valence electrons. The molecule has 2 N–H and O–H groups in total. The van der Waals surface area contributed by atoms with Gasteiger partial charge in [0.15, 0.2) is 0 Å². The number of sulfonamides is 1. The average Bonchev–Trinajstić information content (AvgIpc) is 2.85. The molecule has 0 aliphatic carbocycles. The summed E-state index contributed by atoms with van der Waals surface area (Å²) < 4.78 is 29.9. The first-order valence-electron chi connectivity index (χ1n) is 12.4. The van der Waals surface area contributed by atoms with Crippen LogP contribution in [0.15, 0.2) is 65.6 Å². The maximum absolute atomic E-state index is 13.5. The van der Waals surface area contributed by atoms with Gasteiger partial charge in [0, 0.05) is 47.6 Å². The fraction of sp³-hybridized carbons (Fsp3) is 0.357. The number of nitrogens with one attached hydrogen (secondary N) is 2. The van der Waals surface area contributed by atoms with Crippen LogP contribution in [0.5, 0.6) is 0 Å². The van der Waals surface area contributed by atoms with E-state index in [1.54, 1.807) is 30.3 Å². The summed E-state index contributed by atoms with van der Waals surface area (Å²) in [6.07, 6.45) is 1.88. The molecule has 1 heterocycles. The number of hydrogen-bond acceptors (Lipinski definition) is 4. The van der Waals surface area contributed by atoms with Crippen molar-refractivity contribution in [2.24, 2.45) is 5.92 Å². The van der Waals surface area contributed by atoms with Crippen LogP contribution in [-0.2, 0) is 14.8 Å². The predicted molar refractivity (Wildman–Crippen MR) is 142 cm³/mol. The van der Waals surface area contributed by atoms with E-state index in [4.69, 9.17) is 0 Å². The molecule has 1 fully saturated rings. The average molecular weight is 508 g/mol. The SMILES string of the molecule is CCCC(=O)N1CC[C@@H](NS(=O)(=O)c2ccc(NC(=O)c3ccccc3C)c3ccccc23)[C@H](C)C1. The van der Waals surface area contributed by atoms with E-state index in [2.05, 4.69) is 10.0 Å². The molecule has 36 heavy (non-hydrogen) atoms. The number of carbonyl (C=O) groups is 2. The van der Waals surface area contributed by atoms with Gasteiger partial charge >= 0.3 is 0 Å². The van der Waals surface area contributed by atoms with Crippen LogP contribution in [0.4, 0.5) is 5.69 Å². The number of piperidine rings is 1. The summed E-state index contributed by atoms with van der Waals surface area (Å²) in [6, 6.07) is 17.4. The van der Waals surface area contributed by atoms with Gasteiger partial charge in [-0.2, -0.15) is 0 Å². The van der Waals surface area contributed by atoms with Gasteiger partial charge in [0.25, 0.3) is 5.91 Å². The molecule has 0 unspecified atom stereocenters.